The van der Waals surface area contributed by atoms with E-state index in [0.717, 1.165) is 0 Å². The van der Waals surface area contributed by atoms with E-state index in [9.17, 15) is 29.4 Å². The predicted molar refractivity (Wildman–Crippen MR) is 142 cm³/mol. The first-order chi connectivity index (χ1) is 18.5. The number of phenolic OH excluding ortho intramolecular Hbond substituents is 2. The third-order valence-corrected chi connectivity index (χ3v) is 7.98. The van der Waals surface area contributed by atoms with Crippen molar-refractivity contribution in [1.29, 1.82) is 0 Å². The third-order valence-electron chi connectivity index (χ3n) is 7.98. The van der Waals surface area contributed by atoms with Gasteiger partial charge in [-0.15, -0.1) is 0 Å². The van der Waals surface area contributed by atoms with Crippen LogP contribution in [0.5, 0.6) is 17.2 Å². The van der Waals surface area contributed by atoms with Gasteiger partial charge < -0.3 is 25.2 Å². The number of likely N-dealkylation sites (tertiary alicyclic amines) is 1. The van der Waals surface area contributed by atoms with Gasteiger partial charge in [-0.25, -0.2) is 0 Å². The molecule has 2 aromatic rings. The summed E-state index contributed by atoms with van der Waals surface area (Å²) in [7, 11) is 0. The van der Waals surface area contributed by atoms with Crippen molar-refractivity contribution >= 4 is 23.3 Å². The molecule has 0 saturated carbocycles. The minimum absolute atomic E-state index is 0.000387. The number of piperidine rings is 1. The molecule has 0 bridgehead atoms. The van der Waals surface area contributed by atoms with Crippen molar-refractivity contribution in [3.63, 3.8) is 0 Å². The minimum atomic E-state index is -1.56. The molecule has 0 radical (unpaired) electrons. The molecule has 202 valence electrons. The van der Waals surface area contributed by atoms with Gasteiger partial charge in [0.25, 0.3) is 5.91 Å². The van der Waals surface area contributed by atoms with Crippen molar-refractivity contribution in [2.75, 3.05) is 13.1 Å². The summed E-state index contributed by atoms with van der Waals surface area (Å²) in [6.07, 6.45) is 2.48. The highest BCUT2D eigenvalue weighted by molar-refractivity contribution is 6.31. The Bertz CT molecular complexity index is 1500. The van der Waals surface area contributed by atoms with E-state index >= 15 is 0 Å². The summed E-state index contributed by atoms with van der Waals surface area (Å²) in [5, 5.41) is 24.8. The van der Waals surface area contributed by atoms with E-state index in [-0.39, 0.29) is 51.5 Å². The second-order valence-electron chi connectivity index (χ2n) is 10.5. The average Bonchev–Trinajstić information content (AvgIpc) is 3.20. The van der Waals surface area contributed by atoms with Crippen LogP contribution in [0.25, 0.3) is 0 Å². The molecular weight excluding hydrogens is 500 g/mol. The number of nitrogens with one attached hydrogen (secondary N) is 1. The van der Waals surface area contributed by atoms with E-state index in [1.54, 1.807) is 30.9 Å². The Balaban J connectivity index is 1.42. The number of ether oxygens (including phenoxy) is 1. The first kappa shape index (κ1) is 26.2. The van der Waals surface area contributed by atoms with Crippen molar-refractivity contribution in [2.24, 2.45) is 0 Å². The van der Waals surface area contributed by atoms with Crippen molar-refractivity contribution in [3.8, 4) is 17.2 Å². The average molecular weight is 531 g/mol. The van der Waals surface area contributed by atoms with Gasteiger partial charge >= 0.3 is 0 Å². The predicted octanol–water partition coefficient (Wildman–Crippen LogP) is 3.46. The quantitative estimate of drug-likeness (QED) is 0.311. The number of carbonyl (C=O) groups is 4. The van der Waals surface area contributed by atoms with Crippen LogP contribution >= 0.6 is 0 Å². The van der Waals surface area contributed by atoms with Gasteiger partial charge in [0.05, 0.1) is 11.1 Å². The van der Waals surface area contributed by atoms with Gasteiger partial charge in [0.2, 0.25) is 0 Å². The molecule has 1 aliphatic carbocycles. The summed E-state index contributed by atoms with van der Waals surface area (Å²) in [4.78, 5) is 54.0. The minimum Gasteiger partial charge on any atom is -0.507 e. The van der Waals surface area contributed by atoms with Crippen LogP contribution in [0.3, 0.4) is 0 Å². The Labute approximate surface area is 225 Å². The van der Waals surface area contributed by atoms with Gasteiger partial charge in [0.15, 0.2) is 17.3 Å². The Morgan fingerprint density at radius 3 is 2.31 bits per heavy atom. The number of rotatable bonds is 4. The summed E-state index contributed by atoms with van der Waals surface area (Å²) < 4.78 is 5.81. The lowest BCUT2D eigenvalue weighted by Crippen LogP contribution is -2.46. The van der Waals surface area contributed by atoms with E-state index in [0.29, 0.717) is 37.2 Å². The standard InChI is InChI=1S/C30H30N2O7/c1-15-25(35)23(17(3)33)27-24(26(15)36)30(4)21(39-27)14-20(34)22(28(30)37)16(2)31-19-10-12-32(13-11-19)29(38)18-8-6-5-7-9-18/h5-9,14,19,31,35-36H,10-13H2,1-4H3/b22-16+/t30-/m0/s1. The fourth-order valence-electron chi connectivity index (χ4n) is 5.73. The van der Waals surface area contributed by atoms with Crippen molar-refractivity contribution < 1.29 is 34.1 Å². The van der Waals surface area contributed by atoms with Crippen LogP contribution < -0.4 is 10.1 Å². The number of hydrogen-bond donors (Lipinski definition) is 3. The van der Waals surface area contributed by atoms with Crippen LogP contribution in [-0.4, -0.2) is 57.5 Å². The summed E-state index contributed by atoms with van der Waals surface area (Å²) in [6, 6.07) is 9.03. The number of phenols is 2. The van der Waals surface area contributed by atoms with Gasteiger partial charge in [0, 0.05) is 42.0 Å². The molecule has 2 aromatic carbocycles. The Morgan fingerprint density at radius 2 is 1.69 bits per heavy atom. The number of amides is 1. The zero-order valence-electron chi connectivity index (χ0n) is 22.3. The summed E-state index contributed by atoms with van der Waals surface area (Å²) >= 11 is 0. The number of fused-ring (bicyclic) bond motifs is 3. The first-order valence-corrected chi connectivity index (χ1v) is 12.9. The van der Waals surface area contributed by atoms with Crippen molar-refractivity contribution in [3.05, 3.63) is 75.7 Å². The maximum absolute atomic E-state index is 14.0. The van der Waals surface area contributed by atoms with Crippen LogP contribution in [0, 0.1) is 6.92 Å². The monoisotopic (exact) mass is 530 g/mol. The van der Waals surface area contributed by atoms with Gasteiger partial charge in [-0.3, -0.25) is 19.2 Å². The number of hydrogen-bond acceptors (Lipinski definition) is 8. The van der Waals surface area contributed by atoms with Crippen LogP contribution in [0.4, 0.5) is 0 Å². The van der Waals surface area contributed by atoms with Gasteiger partial charge in [0.1, 0.15) is 34.0 Å². The van der Waals surface area contributed by atoms with Crippen molar-refractivity contribution in [2.45, 2.75) is 52.0 Å². The van der Waals surface area contributed by atoms with Gasteiger partial charge in [-0.1, -0.05) is 18.2 Å². The number of ketones is 3. The molecule has 1 atom stereocenters. The molecule has 39 heavy (non-hydrogen) atoms. The van der Waals surface area contributed by atoms with E-state index in [1.165, 1.54) is 19.9 Å². The number of Topliss-reactive ketones (excluding diaryl/α,β-unsaturated/α-hetero) is 2. The Hall–Kier alpha value is -4.40. The zero-order valence-corrected chi connectivity index (χ0v) is 22.3. The van der Waals surface area contributed by atoms with E-state index < -0.39 is 28.5 Å². The third kappa shape index (κ3) is 4.00. The van der Waals surface area contributed by atoms with E-state index in [2.05, 4.69) is 5.32 Å². The fourth-order valence-corrected chi connectivity index (χ4v) is 5.73. The number of allylic oxidation sites excluding steroid dienone is 4. The summed E-state index contributed by atoms with van der Waals surface area (Å²) in [6.45, 7) is 6.96. The highest BCUT2D eigenvalue weighted by atomic mass is 16.5. The molecular formula is C30H30N2O7. The molecule has 0 aromatic heterocycles. The second-order valence-corrected chi connectivity index (χ2v) is 10.5. The second kappa shape index (κ2) is 9.41. The highest BCUT2D eigenvalue weighted by Gasteiger charge is 2.56. The number of carbonyl (C=O) groups excluding carboxylic acids is 4. The van der Waals surface area contributed by atoms with Crippen molar-refractivity contribution in [1.82, 2.24) is 10.2 Å². The van der Waals surface area contributed by atoms with Crippen LogP contribution in [0.2, 0.25) is 0 Å². The van der Waals surface area contributed by atoms with Crippen LogP contribution in [-0.2, 0) is 15.0 Å². The summed E-state index contributed by atoms with van der Waals surface area (Å²) in [5.41, 5.74) is -0.625. The summed E-state index contributed by atoms with van der Waals surface area (Å²) in [5.74, 6) is -2.54. The highest BCUT2D eigenvalue weighted by Crippen LogP contribution is 2.57. The lowest BCUT2D eigenvalue weighted by atomic mass is 9.70. The molecule has 1 amide bonds. The first-order valence-electron chi connectivity index (χ1n) is 12.9. The largest absolute Gasteiger partial charge is 0.507 e. The zero-order chi connectivity index (χ0) is 28.2. The number of aromatic hydroxyl groups is 2. The van der Waals surface area contributed by atoms with Gasteiger partial charge in [-0.05, 0) is 52.7 Å². The molecule has 2 aliphatic heterocycles. The SMILES string of the molecule is CC(=O)c1c(O)c(C)c(O)c2c1OC1=CC(=O)/C(=C(/C)NC3CCN(C(=O)c4ccccc4)CC3)C(=O)[C@@]12C. The number of nitrogens with zero attached hydrogens (tertiary/aromatic N) is 1. The molecule has 1 fully saturated rings. The maximum Gasteiger partial charge on any atom is 0.253 e. The molecule has 9 nitrogen and oxygen atoms in total. The smallest absolute Gasteiger partial charge is 0.253 e. The molecule has 0 spiro atoms. The fraction of sp³-hybridized carbons (Fsp3) is 0.333. The lowest BCUT2D eigenvalue weighted by Gasteiger charge is -2.34. The molecule has 2 heterocycles. The normalized spacial score (nSPS) is 22.1. The van der Waals surface area contributed by atoms with E-state index in [1.807, 2.05) is 18.2 Å². The Morgan fingerprint density at radius 1 is 1.05 bits per heavy atom. The van der Waals surface area contributed by atoms with Gasteiger partial charge in [-0.2, -0.15) is 0 Å². The molecule has 3 N–H and O–H groups in total. The molecule has 5 rings (SSSR count). The molecule has 3 aliphatic rings. The molecule has 9 heteroatoms. The van der Waals surface area contributed by atoms with Crippen LogP contribution in [0.1, 0.15) is 65.5 Å². The van der Waals surface area contributed by atoms with Crippen LogP contribution in [0.15, 0.2) is 53.4 Å². The topological polar surface area (TPSA) is 133 Å². The lowest BCUT2D eigenvalue weighted by molar-refractivity contribution is -0.123. The maximum atomic E-state index is 14.0. The molecule has 0 unspecified atom stereocenters. The number of benzene rings is 2. The Kier molecular flexibility index (Phi) is 6.33. The van der Waals surface area contributed by atoms with E-state index in [4.69, 9.17) is 4.74 Å². The molecule has 1 saturated heterocycles.